The quantitative estimate of drug-likeness (QED) is 0.782. The summed E-state index contributed by atoms with van der Waals surface area (Å²) in [5, 5.41) is 0. The topological polar surface area (TPSA) is 20.3 Å². The second-order valence-corrected chi connectivity index (χ2v) is 4.26. The van der Waals surface area contributed by atoms with Crippen molar-refractivity contribution < 1.29 is 18.0 Å². The minimum Gasteiger partial charge on any atom is -0.338 e. The van der Waals surface area contributed by atoms with E-state index in [-0.39, 0.29) is 19.0 Å². The van der Waals surface area contributed by atoms with Crippen LogP contribution in [-0.4, -0.2) is 30.1 Å². The van der Waals surface area contributed by atoms with Gasteiger partial charge in [-0.1, -0.05) is 18.2 Å². The van der Waals surface area contributed by atoms with Crippen molar-refractivity contribution in [2.45, 2.75) is 12.6 Å². The van der Waals surface area contributed by atoms with E-state index in [1.54, 1.807) is 30.3 Å². The lowest BCUT2D eigenvalue weighted by Gasteiger charge is -2.39. The molecular weight excluding hydrogens is 231 g/mol. The van der Waals surface area contributed by atoms with Crippen molar-refractivity contribution >= 4 is 5.91 Å². The van der Waals surface area contributed by atoms with E-state index < -0.39 is 18.5 Å². The molecule has 2 rings (SSSR count). The molecule has 5 heteroatoms. The van der Waals surface area contributed by atoms with Crippen LogP contribution in [0.15, 0.2) is 30.3 Å². The van der Waals surface area contributed by atoms with Gasteiger partial charge in [-0.3, -0.25) is 4.79 Å². The summed E-state index contributed by atoms with van der Waals surface area (Å²) in [6.45, 7) is 0.403. The van der Waals surface area contributed by atoms with Crippen molar-refractivity contribution in [3.05, 3.63) is 35.9 Å². The van der Waals surface area contributed by atoms with E-state index in [0.717, 1.165) is 0 Å². The monoisotopic (exact) mass is 243 g/mol. The smallest absolute Gasteiger partial charge is 0.338 e. The first-order valence-corrected chi connectivity index (χ1v) is 5.37. The molecular formula is C12H12F3NO. The lowest BCUT2D eigenvalue weighted by atomic mass is 9.95. The number of benzene rings is 1. The summed E-state index contributed by atoms with van der Waals surface area (Å²) in [5.74, 6) is -0.633. The molecule has 0 bridgehead atoms. The van der Waals surface area contributed by atoms with Gasteiger partial charge in [-0.2, -0.15) is 13.2 Å². The fraction of sp³-hybridized carbons (Fsp3) is 0.417. The standard InChI is InChI=1S/C12H12F3NO/c13-12(14,15)6-9-7-16(8-9)11(17)10-4-2-1-3-5-10/h1-5,9H,6-8H2. The Bertz CT molecular complexity index is 396. The third-order valence-electron chi connectivity index (χ3n) is 2.79. The van der Waals surface area contributed by atoms with Gasteiger partial charge in [-0.25, -0.2) is 0 Å². The van der Waals surface area contributed by atoms with E-state index in [2.05, 4.69) is 0 Å². The van der Waals surface area contributed by atoms with Gasteiger partial charge in [0.05, 0.1) is 0 Å². The number of alkyl halides is 3. The summed E-state index contributed by atoms with van der Waals surface area (Å²) in [5.41, 5.74) is 0.526. The van der Waals surface area contributed by atoms with Crippen molar-refractivity contribution in [2.24, 2.45) is 5.92 Å². The van der Waals surface area contributed by atoms with Crippen LogP contribution in [-0.2, 0) is 0 Å². The zero-order valence-corrected chi connectivity index (χ0v) is 9.07. The highest BCUT2D eigenvalue weighted by atomic mass is 19.4. The minimum atomic E-state index is -4.13. The van der Waals surface area contributed by atoms with Gasteiger partial charge in [0.15, 0.2) is 0 Å². The number of rotatable bonds is 2. The average molecular weight is 243 g/mol. The van der Waals surface area contributed by atoms with Gasteiger partial charge in [-0.05, 0) is 12.1 Å². The third kappa shape index (κ3) is 2.99. The van der Waals surface area contributed by atoms with Gasteiger partial charge in [-0.15, -0.1) is 0 Å². The highest BCUT2D eigenvalue weighted by Gasteiger charge is 2.39. The lowest BCUT2D eigenvalue weighted by molar-refractivity contribution is -0.153. The van der Waals surface area contributed by atoms with Crippen molar-refractivity contribution in [1.29, 1.82) is 0 Å². The van der Waals surface area contributed by atoms with E-state index in [9.17, 15) is 18.0 Å². The fourth-order valence-electron chi connectivity index (χ4n) is 1.96. The van der Waals surface area contributed by atoms with E-state index in [0.29, 0.717) is 5.56 Å². The summed E-state index contributed by atoms with van der Waals surface area (Å²) in [4.78, 5) is 13.2. The van der Waals surface area contributed by atoms with Gasteiger partial charge in [0.1, 0.15) is 0 Å². The summed E-state index contributed by atoms with van der Waals surface area (Å²) in [6.07, 6.45) is -4.93. The Hall–Kier alpha value is -1.52. The number of carbonyl (C=O) groups is 1. The molecule has 0 saturated carbocycles. The van der Waals surface area contributed by atoms with Crippen LogP contribution in [0.4, 0.5) is 13.2 Å². The van der Waals surface area contributed by atoms with Gasteiger partial charge < -0.3 is 4.90 Å². The summed E-state index contributed by atoms with van der Waals surface area (Å²) in [6, 6.07) is 8.60. The van der Waals surface area contributed by atoms with Crippen molar-refractivity contribution in [3.63, 3.8) is 0 Å². The van der Waals surface area contributed by atoms with Crippen molar-refractivity contribution in [1.82, 2.24) is 4.90 Å². The van der Waals surface area contributed by atoms with Crippen LogP contribution in [0.1, 0.15) is 16.8 Å². The maximum atomic E-state index is 12.1. The maximum Gasteiger partial charge on any atom is 0.389 e. The summed E-state index contributed by atoms with van der Waals surface area (Å²) >= 11 is 0. The normalized spacial score (nSPS) is 16.8. The molecule has 92 valence electrons. The maximum absolute atomic E-state index is 12.1. The molecule has 0 aromatic heterocycles. The molecule has 0 radical (unpaired) electrons. The van der Waals surface area contributed by atoms with Crippen LogP contribution in [0, 0.1) is 5.92 Å². The molecule has 0 atom stereocenters. The summed E-state index contributed by atoms with van der Waals surface area (Å²) < 4.78 is 36.2. The van der Waals surface area contributed by atoms with Gasteiger partial charge in [0.2, 0.25) is 0 Å². The molecule has 0 unspecified atom stereocenters. The Morgan fingerprint density at radius 3 is 2.35 bits per heavy atom. The molecule has 1 aliphatic heterocycles. The van der Waals surface area contributed by atoms with E-state index in [1.165, 1.54) is 4.90 Å². The Labute approximate surface area is 97.0 Å². The predicted molar refractivity (Wildman–Crippen MR) is 56.5 cm³/mol. The SMILES string of the molecule is O=C(c1ccccc1)N1CC(CC(F)(F)F)C1. The fourth-order valence-corrected chi connectivity index (χ4v) is 1.96. The summed E-state index contributed by atoms with van der Waals surface area (Å²) in [7, 11) is 0. The molecule has 1 aliphatic rings. The van der Waals surface area contributed by atoms with Crippen molar-refractivity contribution in [3.8, 4) is 0 Å². The largest absolute Gasteiger partial charge is 0.389 e. The van der Waals surface area contributed by atoms with E-state index in [1.807, 2.05) is 0 Å². The van der Waals surface area contributed by atoms with E-state index >= 15 is 0 Å². The van der Waals surface area contributed by atoms with Crippen LogP contribution in [0.2, 0.25) is 0 Å². The highest BCUT2D eigenvalue weighted by molar-refractivity contribution is 5.94. The molecule has 1 fully saturated rings. The van der Waals surface area contributed by atoms with Gasteiger partial charge in [0, 0.05) is 31.0 Å². The molecule has 2 nitrogen and oxygen atoms in total. The molecule has 1 heterocycles. The Kier molecular flexibility index (Phi) is 3.09. The first-order valence-electron chi connectivity index (χ1n) is 5.37. The molecule has 0 N–H and O–H groups in total. The highest BCUT2D eigenvalue weighted by Crippen LogP contribution is 2.30. The number of hydrogen-bond acceptors (Lipinski definition) is 1. The number of nitrogens with zero attached hydrogens (tertiary/aromatic N) is 1. The molecule has 1 aromatic carbocycles. The zero-order valence-electron chi connectivity index (χ0n) is 9.07. The third-order valence-corrected chi connectivity index (χ3v) is 2.79. The second-order valence-electron chi connectivity index (χ2n) is 4.26. The average Bonchev–Trinajstić information content (AvgIpc) is 2.22. The number of likely N-dealkylation sites (tertiary alicyclic amines) is 1. The number of halogens is 3. The molecule has 1 aromatic rings. The Morgan fingerprint density at radius 2 is 1.82 bits per heavy atom. The first kappa shape index (κ1) is 12.0. The second kappa shape index (κ2) is 4.39. The Balaban J connectivity index is 1.86. The molecule has 1 saturated heterocycles. The molecule has 1 amide bonds. The molecule has 0 spiro atoms. The van der Waals surface area contributed by atoms with E-state index in [4.69, 9.17) is 0 Å². The van der Waals surface area contributed by atoms with Crippen LogP contribution in [0.3, 0.4) is 0 Å². The van der Waals surface area contributed by atoms with Crippen LogP contribution < -0.4 is 0 Å². The molecule has 17 heavy (non-hydrogen) atoms. The zero-order chi connectivity index (χ0) is 12.5. The van der Waals surface area contributed by atoms with Gasteiger partial charge in [0.25, 0.3) is 5.91 Å². The predicted octanol–water partition coefficient (Wildman–Crippen LogP) is 2.71. The minimum absolute atomic E-state index is 0.191. The van der Waals surface area contributed by atoms with Gasteiger partial charge >= 0.3 is 6.18 Å². The first-order chi connectivity index (χ1) is 7.96. The van der Waals surface area contributed by atoms with Crippen LogP contribution >= 0.6 is 0 Å². The number of hydrogen-bond donors (Lipinski definition) is 0. The molecule has 0 aliphatic carbocycles. The lowest BCUT2D eigenvalue weighted by Crippen LogP contribution is -2.51. The van der Waals surface area contributed by atoms with Crippen LogP contribution in [0.5, 0.6) is 0 Å². The van der Waals surface area contributed by atoms with Crippen LogP contribution in [0.25, 0.3) is 0 Å². The number of amides is 1. The van der Waals surface area contributed by atoms with Crippen molar-refractivity contribution in [2.75, 3.05) is 13.1 Å². The number of carbonyl (C=O) groups excluding carboxylic acids is 1. The Morgan fingerprint density at radius 1 is 1.24 bits per heavy atom.